The molecule has 37 heavy (non-hydrogen) atoms. The van der Waals surface area contributed by atoms with E-state index in [0.29, 0.717) is 24.3 Å². The van der Waals surface area contributed by atoms with Gasteiger partial charge in [-0.05, 0) is 98.0 Å². The first-order valence-corrected chi connectivity index (χ1v) is 14.5. The summed E-state index contributed by atoms with van der Waals surface area (Å²) in [7, 11) is 0. The Kier molecular flexibility index (Phi) is 6.36. The Balaban J connectivity index is 1.29. The van der Waals surface area contributed by atoms with Gasteiger partial charge in [-0.2, -0.15) is 0 Å². The Morgan fingerprint density at radius 1 is 1.08 bits per heavy atom. The fourth-order valence-electron chi connectivity index (χ4n) is 10.3. The number of aliphatic carboxylic acids is 1. The average Bonchev–Trinajstić information content (AvgIpc) is 3.10. The number of ether oxygens (including phenoxy) is 1. The Hall–Kier alpha value is -1.70. The molecule has 2 N–H and O–H groups in total. The van der Waals surface area contributed by atoms with Crippen LogP contribution in [-0.4, -0.2) is 59.0 Å². The van der Waals surface area contributed by atoms with Crippen molar-refractivity contribution < 1.29 is 24.2 Å². The number of morpholine rings is 1. The van der Waals surface area contributed by atoms with Crippen LogP contribution in [0.25, 0.3) is 0 Å². The highest BCUT2D eigenvalue weighted by atomic mass is 16.5. The molecule has 6 rings (SSSR count). The van der Waals surface area contributed by atoms with Crippen LogP contribution in [0.3, 0.4) is 0 Å². The lowest BCUT2D eigenvalue weighted by atomic mass is 9.43. The molecule has 2 heterocycles. The lowest BCUT2D eigenvalue weighted by molar-refractivity contribution is -0.204. The Morgan fingerprint density at radius 2 is 1.86 bits per heavy atom. The molecule has 4 aliphatic carbocycles. The lowest BCUT2D eigenvalue weighted by Gasteiger charge is -2.64. The first-order valence-electron chi connectivity index (χ1n) is 14.5. The summed E-state index contributed by atoms with van der Waals surface area (Å²) in [5, 5.41) is 22.5. The van der Waals surface area contributed by atoms with E-state index in [0.717, 1.165) is 57.6 Å². The molecule has 5 aliphatic rings. The first-order chi connectivity index (χ1) is 17.7. The fraction of sp³-hybridized carbons (Fsp3) is 0.800. The molecule has 7 heteroatoms. The minimum atomic E-state index is -0.911. The van der Waals surface area contributed by atoms with E-state index in [1.807, 2.05) is 0 Å². The molecule has 1 aromatic heterocycles. The van der Waals surface area contributed by atoms with Crippen LogP contribution < -0.4 is 5.63 Å². The number of hydrogen-bond donors (Lipinski definition) is 2. The quantitative estimate of drug-likeness (QED) is 0.620. The van der Waals surface area contributed by atoms with E-state index in [1.54, 1.807) is 6.07 Å². The maximum atomic E-state index is 12.7. The van der Waals surface area contributed by atoms with Crippen molar-refractivity contribution in [1.29, 1.82) is 0 Å². The number of hydrogen-bond acceptors (Lipinski definition) is 6. The molecule has 9 atom stereocenters. The van der Waals surface area contributed by atoms with Gasteiger partial charge in [-0.25, -0.2) is 4.79 Å². The zero-order valence-corrected chi connectivity index (χ0v) is 22.4. The minimum Gasteiger partial charge on any atom is -0.481 e. The van der Waals surface area contributed by atoms with Crippen LogP contribution in [0.4, 0.5) is 0 Å². The van der Waals surface area contributed by atoms with Crippen molar-refractivity contribution in [3.8, 4) is 0 Å². The maximum Gasteiger partial charge on any atom is 0.335 e. The van der Waals surface area contributed by atoms with Gasteiger partial charge in [-0.1, -0.05) is 13.8 Å². The predicted octanol–water partition coefficient (Wildman–Crippen LogP) is 4.28. The molecule has 0 spiro atoms. The van der Waals surface area contributed by atoms with E-state index in [1.165, 1.54) is 31.6 Å². The summed E-state index contributed by atoms with van der Waals surface area (Å²) in [6.07, 6.45) is 9.84. The zero-order valence-electron chi connectivity index (χ0n) is 22.4. The van der Waals surface area contributed by atoms with Crippen molar-refractivity contribution in [2.45, 2.75) is 89.2 Å². The third-order valence-corrected chi connectivity index (χ3v) is 12.1. The highest BCUT2D eigenvalue weighted by molar-refractivity contribution is 5.67. The number of carbonyl (C=O) groups is 1. The van der Waals surface area contributed by atoms with Crippen molar-refractivity contribution in [1.82, 2.24) is 4.90 Å². The number of aliphatic hydroxyl groups is 1. The molecule has 4 saturated carbocycles. The van der Waals surface area contributed by atoms with Gasteiger partial charge in [0.25, 0.3) is 0 Å². The van der Waals surface area contributed by atoms with Gasteiger partial charge >= 0.3 is 11.6 Å². The molecule has 1 saturated heterocycles. The third kappa shape index (κ3) is 3.94. The fourth-order valence-corrected chi connectivity index (χ4v) is 10.3. The summed E-state index contributed by atoms with van der Waals surface area (Å²) < 4.78 is 10.8. The molecular formula is C30H43NO6. The van der Waals surface area contributed by atoms with Gasteiger partial charge in [0.05, 0.1) is 25.1 Å². The number of fused-ring (bicyclic) bond motifs is 5. The normalized spacial score (nSPS) is 46.0. The van der Waals surface area contributed by atoms with Gasteiger partial charge < -0.3 is 19.4 Å². The standard InChI is InChI=1S/C30H43NO6/c1-28-9-7-22(31-11-13-36-14-12-31)16-21(28)4-5-24-23(28)8-10-29(2)27(19-3-6-26(34)37-18-19)20(15-25(32)33)17-30(24,29)35/h3,6,18,20-24,27,35H,4-5,7-17H2,1-2H3,(H,32,33)/t20-,21-,22+,23+,24-,27+,28+,29-,30+/m1/s1. The van der Waals surface area contributed by atoms with Gasteiger partial charge in [-0.3, -0.25) is 9.69 Å². The maximum absolute atomic E-state index is 12.7. The molecule has 5 fully saturated rings. The van der Waals surface area contributed by atoms with Gasteiger partial charge in [0.15, 0.2) is 0 Å². The van der Waals surface area contributed by atoms with Crippen LogP contribution in [0.5, 0.6) is 0 Å². The largest absolute Gasteiger partial charge is 0.481 e. The highest BCUT2D eigenvalue weighted by Gasteiger charge is 2.69. The second kappa shape index (κ2) is 9.20. The van der Waals surface area contributed by atoms with E-state index in [2.05, 4.69) is 18.7 Å². The summed E-state index contributed by atoms with van der Waals surface area (Å²) in [6.45, 7) is 8.47. The summed E-state index contributed by atoms with van der Waals surface area (Å²) in [5.41, 5.74) is -0.676. The van der Waals surface area contributed by atoms with Gasteiger partial charge in [-0.15, -0.1) is 0 Å². The number of carboxylic acids is 1. The van der Waals surface area contributed by atoms with Crippen LogP contribution in [0.1, 0.15) is 83.1 Å². The third-order valence-electron chi connectivity index (χ3n) is 12.1. The van der Waals surface area contributed by atoms with Crippen LogP contribution >= 0.6 is 0 Å². The van der Waals surface area contributed by atoms with Crippen LogP contribution in [0, 0.1) is 34.5 Å². The van der Waals surface area contributed by atoms with Crippen LogP contribution in [0.15, 0.2) is 27.6 Å². The molecule has 0 radical (unpaired) electrons. The molecular weight excluding hydrogens is 470 g/mol. The second-order valence-electron chi connectivity index (χ2n) is 13.4. The Morgan fingerprint density at radius 3 is 2.57 bits per heavy atom. The van der Waals surface area contributed by atoms with Crippen molar-refractivity contribution in [3.63, 3.8) is 0 Å². The van der Waals surface area contributed by atoms with E-state index in [4.69, 9.17) is 9.15 Å². The summed E-state index contributed by atoms with van der Waals surface area (Å²) in [4.78, 5) is 26.2. The monoisotopic (exact) mass is 513 g/mol. The number of nitrogens with zero attached hydrogens (tertiary/aromatic N) is 1. The number of carboxylic acid groups (broad SMARTS) is 1. The summed E-state index contributed by atoms with van der Waals surface area (Å²) >= 11 is 0. The molecule has 0 unspecified atom stereocenters. The molecule has 0 aromatic carbocycles. The SMILES string of the molecule is C[C@]12CC[C@H](N3CCOCC3)C[C@H]1CC[C@@H]1[C@@H]2CC[C@]2(C)[C@@H](c3ccc(=O)oc3)[C@H](CC(=O)O)C[C@]12O. The van der Waals surface area contributed by atoms with E-state index >= 15 is 0 Å². The predicted molar refractivity (Wildman–Crippen MR) is 138 cm³/mol. The molecule has 7 nitrogen and oxygen atoms in total. The molecule has 204 valence electrons. The van der Waals surface area contributed by atoms with E-state index in [9.17, 15) is 19.8 Å². The Bertz CT molecular complexity index is 1060. The minimum absolute atomic E-state index is 0.0280. The molecule has 1 aromatic rings. The first kappa shape index (κ1) is 25.6. The number of rotatable bonds is 4. The van der Waals surface area contributed by atoms with Crippen molar-refractivity contribution in [2.24, 2.45) is 34.5 Å². The van der Waals surface area contributed by atoms with Crippen LogP contribution in [-0.2, 0) is 9.53 Å². The van der Waals surface area contributed by atoms with E-state index < -0.39 is 22.6 Å². The van der Waals surface area contributed by atoms with Gasteiger partial charge in [0.2, 0.25) is 0 Å². The zero-order chi connectivity index (χ0) is 26.0. The topological polar surface area (TPSA) is 100 Å². The molecule has 0 bridgehead atoms. The Labute approximate surface area is 219 Å². The van der Waals surface area contributed by atoms with Gasteiger partial charge in [0, 0.05) is 37.0 Å². The molecule has 1 aliphatic heterocycles. The van der Waals surface area contributed by atoms with Crippen molar-refractivity contribution >= 4 is 5.97 Å². The van der Waals surface area contributed by atoms with E-state index in [-0.39, 0.29) is 29.6 Å². The highest BCUT2D eigenvalue weighted by Crippen LogP contribution is 2.72. The summed E-state index contributed by atoms with van der Waals surface area (Å²) in [5.74, 6) is 0.186. The lowest BCUT2D eigenvalue weighted by Crippen LogP contribution is -2.62. The second-order valence-corrected chi connectivity index (χ2v) is 13.4. The van der Waals surface area contributed by atoms with Crippen molar-refractivity contribution in [2.75, 3.05) is 26.3 Å². The molecule has 0 amide bonds. The van der Waals surface area contributed by atoms with Crippen molar-refractivity contribution in [3.05, 3.63) is 34.4 Å². The van der Waals surface area contributed by atoms with Crippen LogP contribution in [0.2, 0.25) is 0 Å². The average molecular weight is 514 g/mol. The van der Waals surface area contributed by atoms with Gasteiger partial charge in [0.1, 0.15) is 0 Å². The summed E-state index contributed by atoms with van der Waals surface area (Å²) in [6, 6.07) is 3.87. The smallest absolute Gasteiger partial charge is 0.335 e.